The van der Waals surface area contributed by atoms with Gasteiger partial charge in [0.25, 0.3) is 5.91 Å². The second kappa shape index (κ2) is 6.75. The van der Waals surface area contributed by atoms with Crippen LogP contribution in [0.3, 0.4) is 0 Å². The SMILES string of the molecule is Cc1ccc(C(C)O)c(OCC(=O)NC2CCCC2)c1. The van der Waals surface area contributed by atoms with Gasteiger partial charge in [-0.3, -0.25) is 4.79 Å². The highest BCUT2D eigenvalue weighted by Crippen LogP contribution is 2.26. The summed E-state index contributed by atoms with van der Waals surface area (Å²) in [4.78, 5) is 11.8. The molecule has 0 aliphatic heterocycles. The Morgan fingerprint density at radius 1 is 1.45 bits per heavy atom. The van der Waals surface area contributed by atoms with Crippen LogP contribution in [0.1, 0.15) is 49.8 Å². The number of aryl methyl sites for hydroxylation is 1. The van der Waals surface area contributed by atoms with E-state index in [0.717, 1.165) is 18.4 Å². The van der Waals surface area contributed by atoms with E-state index >= 15 is 0 Å². The summed E-state index contributed by atoms with van der Waals surface area (Å²) >= 11 is 0. The van der Waals surface area contributed by atoms with Crippen LogP contribution in [0.25, 0.3) is 0 Å². The minimum atomic E-state index is -0.608. The molecule has 4 heteroatoms. The number of aliphatic hydroxyl groups is 1. The Morgan fingerprint density at radius 3 is 2.80 bits per heavy atom. The number of ether oxygens (including phenoxy) is 1. The number of rotatable bonds is 5. The van der Waals surface area contributed by atoms with Crippen molar-refractivity contribution in [1.82, 2.24) is 5.32 Å². The first-order chi connectivity index (χ1) is 9.56. The van der Waals surface area contributed by atoms with Crippen molar-refractivity contribution in [2.45, 2.75) is 51.7 Å². The molecule has 0 spiro atoms. The summed E-state index contributed by atoms with van der Waals surface area (Å²) in [5.41, 5.74) is 1.75. The van der Waals surface area contributed by atoms with Crippen LogP contribution in [-0.4, -0.2) is 23.7 Å². The molecule has 1 atom stereocenters. The molecular formula is C16H23NO3. The first-order valence-corrected chi connectivity index (χ1v) is 7.27. The molecule has 2 N–H and O–H groups in total. The van der Waals surface area contributed by atoms with Gasteiger partial charge < -0.3 is 15.2 Å². The molecular weight excluding hydrogens is 254 g/mol. The second-order valence-electron chi connectivity index (χ2n) is 5.55. The minimum absolute atomic E-state index is 0.000324. The Hall–Kier alpha value is -1.55. The standard InChI is InChI=1S/C16H23NO3/c1-11-7-8-14(12(2)18)15(9-11)20-10-16(19)17-13-5-3-4-6-13/h7-9,12-13,18H,3-6,10H2,1-2H3,(H,17,19). The van der Waals surface area contributed by atoms with Crippen LogP contribution < -0.4 is 10.1 Å². The maximum atomic E-state index is 11.8. The number of benzene rings is 1. The van der Waals surface area contributed by atoms with Crippen LogP contribution in [0.15, 0.2) is 18.2 Å². The molecule has 1 amide bonds. The summed E-state index contributed by atoms with van der Waals surface area (Å²) in [7, 11) is 0. The van der Waals surface area contributed by atoms with Crippen molar-refractivity contribution in [3.05, 3.63) is 29.3 Å². The molecule has 0 heterocycles. The monoisotopic (exact) mass is 277 g/mol. The van der Waals surface area contributed by atoms with E-state index in [2.05, 4.69) is 5.32 Å². The van der Waals surface area contributed by atoms with Crippen molar-refractivity contribution < 1.29 is 14.6 Å². The van der Waals surface area contributed by atoms with E-state index in [0.29, 0.717) is 17.4 Å². The topological polar surface area (TPSA) is 58.6 Å². The van der Waals surface area contributed by atoms with Gasteiger partial charge in [0, 0.05) is 11.6 Å². The summed E-state index contributed by atoms with van der Waals surface area (Å²) in [5.74, 6) is 0.497. The number of aliphatic hydroxyl groups excluding tert-OH is 1. The van der Waals surface area contributed by atoms with Gasteiger partial charge in [-0.1, -0.05) is 25.0 Å². The number of carbonyl (C=O) groups is 1. The largest absolute Gasteiger partial charge is 0.483 e. The van der Waals surface area contributed by atoms with Gasteiger partial charge in [-0.15, -0.1) is 0 Å². The molecule has 2 rings (SSSR count). The molecule has 1 aliphatic carbocycles. The maximum Gasteiger partial charge on any atom is 0.258 e. The molecule has 0 aromatic heterocycles. The van der Waals surface area contributed by atoms with Crippen LogP contribution in [0.4, 0.5) is 0 Å². The maximum absolute atomic E-state index is 11.8. The zero-order valence-corrected chi connectivity index (χ0v) is 12.2. The average Bonchev–Trinajstić information content (AvgIpc) is 2.89. The number of nitrogens with one attached hydrogen (secondary N) is 1. The van der Waals surface area contributed by atoms with Crippen molar-refractivity contribution in [3.8, 4) is 5.75 Å². The highest BCUT2D eigenvalue weighted by molar-refractivity contribution is 5.77. The molecule has 20 heavy (non-hydrogen) atoms. The molecule has 1 saturated carbocycles. The van der Waals surface area contributed by atoms with E-state index < -0.39 is 6.10 Å². The lowest BCUT2D eigenvalue weighted by molar-refractivity contribution is -0.123. The summed E-state index contributed by atoms with van der Waals surface area (Å²) in [6.07, 6.45) is 3.90. The van der Waals surface area contributed by atoms with Gasteiger partial charge in [-0.05, 0) is 38.3 Å². The van der Waals surface area contributed by atoms with Crippen LogP contribution in [0.2, 0.25) is 0 Å². The lowest BCUT2D eigenvalue weighted by atomic mass is 10.1. The van der Waals surface area contributed by atoms with E-state index in [9.17, 15) is 9.90 Å². The van der Waals surface area contributed by atoms with Crippen LogP contribution in [-0.2, 0) is 4.79 Å². The molecule has 1 aromatic carbocycles. The normalized spacial score (nSPS) is 16.9. The van der Waals surface area contributed by atoms with Crippen molar-refractivity contribution in [1.29, 1.82) is 0 Å². The van der Waals surface area contributed by atoms with Crippen LogP contribution >= 0.6 is 0 Å². The zero-order valence-electron chi connectivity index (χ0n) is 12.2. The van der Waals surface area contributed by atoms with Gasteiger partial charge in [-0.2, -0.15) is 0 Å². The zero-order chi connectivity index (χ0) is 14.5. The van der Waals surface area contributed by atoms with E-state index in [1.54, 1.807) is 6.92 Å². The second-order valence-corrected chi connectivity index (χ2v) is 5.55. The Kier molecular flexibility index (Phi) is 5.01. The summed E-state index contributed by atoms with van der Waals surface area (Å²) in [5, 5.41) is 12.7. The van der Waals surface area contributed by atoms with Crippen molar-refractivity contribution >= 4 is 5.91 Å². The Morgan fingerprint density at radius 2 is 2.15 bits per heavy atom. The molecule has 1 aromatic rings. The highest BCUT2D eigenvalue weighted by atomic mass is 16.5. The van der Waals surface area contributed by atoms with Crippen LogP contribution in [0.5, 0.6) is 5.75 Å². The van der Waals surface area contributed by atoms with E-state index in [1.807, 2.05) is 25.1 Å². The fourth-order valence-corrected chi connectivity index (χ4v) is 2.59. The Balaban J connectivity index is 1.92. The first-order valence-electron chi connectivity index (χ1n) is 7.27. The highest BCUT2D eigenvalue weighted by Gasteiger charge is 2.18. The number of hydrogen-bond donors (Lipinski definition) is 2. The lowest BCUT2D eigenvalue weighted by Crippen LogP contribution is -2.36. The third kappa shape index (κ3) is 3.97. The molecule has 1 unspecified atom stereocenters. The summed E-state index contributed by atoms with van der Waals surface area (Å²) < 4.78 is 5.58. The van der Waals surface area contributed by atoms with Gasteiger partial charge >= 0.3 is 0 Å². The van der Waals surface area contributed by atoms with Gasteiger partial charge in [0.05, 0.1) is 6.10 Å². The third-order valence-corrected chi connectivity index (χ3v) is 3.70. The van der Waals surface area contributed by atoms with Crippen LogP contribution in [0, 0.1) is 6.92 Å². The van der Waals surface area contributed by atoms with Crippen molar-refractivity contribution in [3.63, 3.8) is 0 Å². The minimum Gasteiger partial charge on any atom is -0.483 e. The summed E-state index contributed by atoms with van der Waals surface area (Å²) in [6.45, 7) is 3.65. The smallest absolute Gasteiger partial charge is 0.258 e. The van der Waals surface area contributed by atoms with Gasteiger partial charge in [0.15, 0.2) is 6.61 Å². The van der Waals surface area contributed by atoms with Crippen molar-refractivity contribution in [2.75, 3.05) is 6.61 Å². The Bertz CT molecular complexity index is 465. The number of amides is 1. The fourth-order valence-electron chi connectivity index (χ4n) is 2.59. The fraction of sp³-hybridized carbons (Fsp3) is 0.562. The predicted octanol–water partition coefficient (Wildman–Crippen LogP) is 2.49. The van der Waals surface area contributed by atoms with E-state index in [4.69, 9.17) is 4.74 Å². The number of carbonyl (C=O) groups excluding carboxylic acids is 1. The molecule has 1 fully saturated rings. The number of hydrogen-bond acceptors (Lipinski definition) is 3. The Labute approximate surface area is 120 Å². The van der Waals surface area contributed by atoms with Gasteiger partial charge in [0.1, 0.15) is 5.75 Å². The van der Waals surface area contributed by atoms with E-state index in [-0.39, 0.29) is 12.5 Å². The van der Waals surface area contributed by atoms with Gasteiger partial charge in [0.2, 0.25) is 0 Å². The predicted molar refractivity (Wildman–Crippen MR) is 77.7 cm³/mol. The lowest BCUT2D eigenvalue weighted by Gasteiger charge is -2.16. The van der Waals surface area contributed by atoms with E-state index in [1.165, 1.54) is 12.8 Å². The summed E-state index contributed by atoms with van der Waals surface area (Å²) in [6, 6.07) is 5.92. The third-order valence-electron chi connectivity index (χ3n) is 3.70. The molecule has 110 valence electrons. The molecule has 1 aliphatic rings. The molecule has 0 radical (unpaired) electrons. The first kappa shape index (κ1) is 14.9. The molecule has 0 saturated heterocycles. The average molecular weight is 277 g/mol. The molecule has 0 bridgehead atoms. The quantitative estimate of drug-likeness (QED) is 0.869. The van der Waals surface area contributed by atoms with Gasteiger partial charge in [-0.25, -0.2) is 0 Å². The molecule has 4 nitrogen and oxygen atoms in total. The van der Waals surface area contributed by atoms with Crippen molar-refractivity contribution in [2.24, 2.45) is 0 Å².